The number of methoxy groups -OCH3 is 6. The van der Waals surface area contributed by atoms with Crippen molar-refractivity contribution in [3.63, 3.8) is 0 Å². The van der Waals surface area contributed by atoms with Crippen LogP contribution >= 0.6 is 0 Å². The van der Waals surface area contributed by atoms with Gasteiger partial charge >= 0.3 is 35.8 Å². The first-order valence-electron chi connectivity index (χ1n) is 28.7. The number of carbonyl (C=O) groups is 6. The van der Waals surface area contributed by atoms with Gasteiger partial charge in [0.2, 0.25) is 0 Å². The van der Waals surface area contributed by atoms with Crippen molar-refractivity contribution >= 4 is 71.5 Å². The largest absolute Gasteiger partial charge is 0.469 e. The van der Waals surface area contributed by atoms with Gasteiger partial charge in [0.1, 0.15) is 18.1 Å². The molecule has 8 bridgehead atoms. The number of aromatic amines is 4. The van der Waals surface area contributed by atoms with E-state index in [4.69, 9.17) is 53.0 Å². The van der Waals surface area contributed by atoms with Crippen LogP contribution in [0, 0.1) is 0 Å². The Hall–Kier alpha value is -9.62. The van der Waals surface area contributed by atoms with E-state index in [-0.39, 0.29) is 81.9 Å². The van der Waals surface area contributed by atoms with E-state index in [0.717, 1.165) is 12.1 Å². The van der Waals surface area contributed by atoms with E-state index in [9.17, 15) is 28.8 Å². The molecular weight excluding hydrogens is 1160 g/mol. The monoisotopic (exact) mass is 1240 g/mol. The van der Waals surface area contributed by atoms with Gasteiger partial charge in [-0.1, -0.05) is 52.5 Å². The molecule has 0 radical (unpaired) electrons. The van der Waals surface area contributed by atoms with Crippen LogP contribution in [0.3, 0.4) is 0 Å². The van der Waals surface area contributed by atoms with Gasteiger partial charge < -0.3 is 58.1 Å². The highest BCUT2D eigenvalue weighted by atomic mass is 17.2. The highest BCUT2D eigenvalue weighted by molar-refractivity contribution is 5.89. The minimum atomic E-state index is -0.576. The Morgan fingerprint density at radius 3 is 1.20 bits per heavy atom. The molecule has 0 amide bonds. The zero-order valence-electron chi connectivity index (χ0n) is 53.1. The van der Waals surface area contributed by atoms with E-state index in [1.165, 1.54) is 76.0 Å². The normalized spacial score (nSPS) is 11.2. The number of aromatic nitrogens is 4. The number of fused-ring (bicyclic) bond motifs is 8. The van der Waals surface area contributed by atoms with Crippen LogP contribution in [-0.2, 0) is 140 Å². The highest BCUT2D eigenvalue weighted by Gasteiger charge is 2.26. The van der Waals surface area contributed by atoms with Crippen molar-refractivity contribution in [3.8, 4) is 0 Å². The molecule has 0 unspecified atom stereocenters. The number of esters is 6. The fourth-order valence-electron chi connectivity index (χ4n) is 9.60. The fourth-order valence-corrected chi connectivity index (χ4v) is 9.60. The number of ether oxygens (including phenoxy) is 6. The molecule has 0 fully saturated rings. The number of rotatable bonds is 27. The fraction of sp³-hybridized carbons (Fsp3) is 0.364. The van der Waals surface area contributed by atoms with Crippen molar-refractivity contribution < 1.29 is 86.5 Å². The lowest BCUT2D eigenvalue weighted by Gasteiger charge is -2.09. The average Bonchev–Trinajstić information content (AvgIpc) is 1.65. The third-order valence-corrected chi connectivity index (χ3v) is 13.9. The Balaban J connectivity index is 0.000000534. The predicted molar refractivity (Wildman–Crippen MR) is 331 cm³/mol. The Morgan fingerprint density at radius 2 is 0.778 bits per heavy atom. The molecule has 1 aliphatic heterocycles. The summed E-state index contributed by atoms with van der Waals surface area (Å²) in [6, 6.07) is 14.7. The molecule has 90 heavy (non-hydrogen) atoms. The molecule has 0 spiro atoms. The number of aryl methyl sites for hydroxylation is 1. The number of hydrogen-bond acceptors (Lipinski definition) is 20. The van der Waals surface area contributed by atoms with E-state index in [2.05, 4.69) is 68.8 Å². The number of nitrogens with one attached hydrogen (secondary N) is 4. The van der Waals surface area contributed by atoms with Crippen molar-refractivity contribution in [2.24, 2.45) is 10.2 Å². The zero-order chi connectivity index (χ0) is 65.9. The first-order valence-corrected chi connectivity index (χ1v) is 28.7. The summed E-state index contributed by atoms with van der Waals surface area (Å²) < 4.78 is 30.2. The molecular formula is C66H80N6O18. The van der Waals surface area contributed by atoms with Crippen LogP contribution in [0.1, 0.15) is 123 Å². The van der Waals surface area contributed by atoms with Crippen molar-refractivity contribution in [1.82, 2.24) is 19.9 Å². The SMILES string of the molecule is C=C(Cc1c2[nH]c(c1CC(=O)OC)C=c1[nH]c(c(CC(=O)OC)c1CCC(=O)OC)=Cc1[nH]c(c(CC(=O)OC)c1CCC(=O)OC)C=c1[nH]c(c(COOC)c1CC(=C)OOC)=C2)OOC.CCC.CCc1ccc(N=Nc2ccc(C(=O)OC)cc2)cc1. The summed E-state index contributed by atoms with van der Waals surface area (Å²) in [6.45, 7) is 14.3. The van der Waals surface area contributed by atoms with Crippen molar-refractivity contribution in [2.45, 2.75) is 98.0 Å². The van der Waals surface area contributed by atoms with Gasteiger partial charge in [-0.25, -0.2) is 14.6 Å². The third kappa shape index (κ3) is 19.9. The lowest BCUT2D eigenvalue weighted by molar-refractivity contribution is -0.282. The Labute approximate surface area is 521 Å². The zero-order valence-corrected chi connectivity index (χ0v) is 53.1. The van der Waals surface area contributed by atoms with Crippen LogP contribution in [0.25, 0.3) is 24.3 Å². The topological polar surface area (TPSA) is 301 Å². The maximum atomic E-state index is 13.2. The van der Waals surface area contributed by atoms with Crippen molar-refractivity contribution in [2.75, 3.05) is 64.0 Å². The Bertz CT molecular complexity index is 3770. The molecule has 482 valence electrons. The van der Waals surface area contributed by atoms with E-state index in [1.54, 1.807) is 48.6 Å². The maximum Gasteiger partial charge on any atom is 0.337 e. The van der Waals surface area contributed by atoms with E-state index in [1.807, 2.05) is 24.3 Å². The first-order chi connectivity index (χ1) is 43.3. The number of benzene rings is 2. The lowest BCUT2D eigenvalue weighted by Crippen LogP contribution is -2.16. The van der Waals surface area contributed by atoms with Crippen molar-refractivity contribution in [3.05, 3.63) is 173 Å². The number of hydrogen-bond donors (Lipinski definition) is 4. The molecule has 0 saturated heterocycles. The minimum absolute atomic E-state index is 0.0496. The van der Waals surface area contributed by atoms with Crippen LogP contribution in [0.2, 0.25) is 0 Å². The van der Waals surface area contributed by atoms with Gasteiger partial charge in [0.15, 0.2) is 0 Å². The van der Waals surface area contributed by atoms with Gasteiger partial charge in [0.05, 0.1) is 100 Å². The molecule has 4 aromatic heterocycles. The second-order valence-electron chi connectivity index (χ2n) is 20.0. The molecule has 4 N–H and O–H groups in total. The quantitative estimate of drug-likeness (QED) is 0.00988. The maximum absolute atomic E-state index is 13.2. The van der Waals surface area contributed by atoms with Gasteiger partial charge in [-0.2, -0.15) is 20.0 Å². The molecule has 1 aliphatic rings. The van der Waals surface area contributed by atoms with Crippen LogP contribution in [-0.4, -0.2) is 120 Å². The molecule has 0 atom stereocenters. The second-order valence-corrected chi connectivity index (χ2v) is 20.0. The second kappa shape index (κ2) is 36.0. The molecule has 2 aromatic carbocycles. The van der Waals surface area contributed by atoms with Gasteiger partial charge in [0, 0.05) is 75.4 Å². The molecule has 7 rings (SSSR count). The average molecular weight is 1250 g/mol. The lowest BCUT2D eigenvalue weighted by atomic mass is 9.98. The highest BCUT2D eigenvalue weighted by Crippen LogP contribution is 2.28. The van der Waals surface area contributed by atoms with Gasteiger partial charge in [-0.3, -0.25) is 24.0 Å². The summed E-state index contributed by atoms with van der Waals surface area (Å²) >= 11 is 0. The molecule has 5 heterocycles. The molecule has 0 saturated carbocycles. The minimum Gasteiger partial charge on any atom is -0.469 e. The summed E-state index contributed by atoms with van der Waals surface area (Å²) in [5.74, 6) is -2.61. The summed E-state index contributed by atoms with van der Waals surface area (Å²) in [7, 11) is 11.8. The predicted octanol–water partition coefficient (Wildman–Crippen LogP) is 7.20. The van der Waals surface area contributed by atoms with Crippen LogP contribution in [0.4, 0.5) is 11.4 Å². The standard InChI is InChI=1S/C47H56N4O16.C16H16N2O2.C3H8/c1-25(66-63-9)15-29-33(19-47(56)61-7)41-21-36-27(11-13-43(52)57-3)31(17-45(54)59-5)39(48-36)20-35-28(12-14-44(53)58-4)32(18-46(55)60-6)40(49-35)22-38-30(16-26(2)67-64-10)34(24-65-62-8)42(51-38)23-37(29)50-41;1-3-12-4-8-14(9-5-12)17-18-15-10-6-13(7-11-15)16(19)20-2;1-3-2/h20-23,48-51H,1-2,11-19,24H2,3-10H3;4-11H,3H2,1-2H3;3H2,1-2H3. The smallest absolute Gasteiger partial charge is 0.337 e. The van der Waals surface area contributed by atoms with E-state index < -0.39 is 29.8 Å². The summed E-state index contributed by atoms with van der Waals surface area (Å²) in [5, 5.41) is 10.2. The Kier molecular flexibility index (Phi) is 28.5. The van der Waals surface area contributed by atoms with Crippen LogP contribution in [0.15, 0.2) is 83.4 Å². The molecule has 6 aromatic rings. The van der Waals surface area contributed by atoms with Crippen molar-refractivity contribution in [1.29, 1.82) is 0 Å². The molecule has 0 aliphatic carbocycles. The van der Waals surface area contributed by atoms with Crippen LogP contribution in [0.5, 0.6) is 0 Å². The number of carbonyl (C=O) groups excluding carboxylic acids is 6. The summed E-state index contributed by atoms with van der Waals surface area (Å²) in [6.07, 6.45) is 8.92. The number of allylic oxidation sites excluding steroid dienone is 2. The number of nitrogens with zero attached hydrogens (tertiary/aromatic N) is 2. The molecule has 24 heteroatoms. The van der Waals surface area contributed by atoms with Crippen LogP contribution < -0.4 is 21.4 Å². The molecule has 24 nitrogen and oxygen atoms in total. The number of H-pyrrole nitrogens is 4. The van der Waals surface area contributed by atoms with Gasteiger partial charge in [0.25, 0.3) is 0 Å². The van der Waals surface area contributed by atoms with Gasteiger partial charge in [-0.05, 0) is 124 Å². The first kappa shape index (κ1) is 71.1. The summed E-state index contributed by atoms with van der Waals surface area (Å²) in [5.41, 5.74) is 9.50. The van der Waals surface area contributed by atoms with Gasteiger partial charge in [-0.15, -0.1) is 0 Å². The van der Waals surface area contributed by atoms with E-state index in [0.29, 0.717) is 99.9 Å². The Morgan fingerprint density at radius 1 is 0.411 bits per heavy atom. The third-order valence-electron chi connectivity index (χ3n) is 13.9. The summed E-state index contributed by atoms with van der Waals surface area (Å²) in [4.78, 5) is 122. The number of azo groups is 1. The van der Waals surface area contributed by atoms with E-state index >= 15 is 0 Å².